The van der Waals surface area contributed by atoms with Gasteiger partial charge in [-0.2, -0.15) is 10.2 Å². The molecule has 0 radical (unpaired) electrons. The Bertz CT molecular complexity index is 811. The third-order valence-electron chi connectivity index (χ3n) is 3.67. The van der Waals surface area contributed by atoms with Crippen LogP contribution in [0.1, 0.15) is 24.9 Å². The summed E-state index contributed by atoms with van der Waals surface area (Å²) < 4.78 is 3.36. The maximum Gasteiger partial charge on any atom is 0.249 e. The number of amides is 1. The van der Waals surface area contributed by atoms with Crippen molar-refractivity contribution in [2.75, 3.05) is 5.32 Å². The van der Waals surface area contributed by atoms with Gasteiger partial charge in [0.1, 0.15) is 6.04 Å². The third kappa shape index (κ3) is 3.83. The Morgan fingerprint density at radius 3 is 2.67 bits per heavy atom. The van der Waals surface area contributed by atoms with Crippen LogP contribution in [0.2, 0.25) is 5.02 Å². The average Bonchev–Trinajstić information content (AvgIpc) is 3.18. The van der Waals surface area contributed by atoms with Gasteiger partial charge in [0, 0.05) is 12.4 Å². The van der Waals surface area contributed by atoms with Crippen molar-refractivity contribution in [1.82, 2.24) is 19.6 Å². The lowest BCUT2D eigenvalue weighted by molar-refractivity contribution is -0.119. The van der Waals surface area contributed by atoms with Crippen molar-refractivity contribution < 1.29 is 4.79 Å². The molecule has 1 atom stereocenters. The van der Waals surface area contributed by atoms with Crippen LogP contribution in [-0.4, -0.2) is 25.5 Å². The summed E-state index contributed by atoms with van der Waals surface area (Å²) in [5.41, 5.74) is 1.81. The van der Waals surface area contributed by atoms with E-state index in [0.29, 0.717) is 23.7 Å². The lowest BCUT2D eigenvalue weighted by Gasteiger charge is -2.14. The molecule has 0 fully saturated rings. The van der Waals surface area contributed by atoms with Gasteiger partial charge < -0.3 is 5.32 Å². The van der Waals surface area contributed by atoms with Crippen molar-refractivity contribution >= 4 is 23.2 Å². The van der Waals surface area contributed by atoms with Crippen LogP contribution in [0.15, 0.2) is 55.1 Å². The molecule has 0 saturated carbocycles. The van der Waals surface area contributed by atoms with Gasteiger partial charge in [-0.1, -0.05) is 48.9 Å². The summed E-state index contributed by atoms with van der Waals surface area (Å²) in [4.78, 5) is 12.5. The first-order valence-corrected chi connectivity index (χ1v) is 8.10. The molecule has 2 aromatic heterocycles. The molecule has 7 heteroatoms. The monoisotopic (exact) mass is 343 g/mol. The number of anilines is 1. The van der Waals surface area contributed by atoms with E-state index in [4.69, 9.17) is 11.6 Å². The number of hydrogen-bond donors (Lipinski definition) is 1. The van der Waals surface area contributed by atoms with Crippen LogP contribution >= 0.6 is 11.6 Å². The van der Waals surface area contributed by atoms with Crippen LogP contribution in [-0.2, 0) is 11.3 Å². The Morgan fingerprint density at radius 1 is 1.21 bits per heavy atom. The Kier molecular flexibility index (Phi) is 4.96. The average molecular weight is 344 g/mol. The van der Waals surface area contributed by atoms with E-state index in [-0.39, 0.29) is 5.91 Å². The third-order valence-corrected chi connectivity index (χ3v) is 3.86. The number of aromatic nitrogens is 4. The largest absolute Gasteiger partial charge is 0.322 e. The summed E-state index contributed by atoms with van der Waals surface area (Å²) in [6, 6.07) is 9.62. The molecule has 0 spiro atoms. The quantitative estimate of drug-likeness (QED) is 0.746. The molecule has 1 N–H and O–H groups in total. The smallest absolute Gasteiger partial charge is 0.249 e. The minimum Gasteiger partial charge on any atom is -0.322 e. The molecule has 3 rings (SSSR count). The molecule has 3 aromatic rings. The number of benzene rings is 1. The fourth-order valence-electron chi connectivity index (χ4n) is 2.49. The Balaban J connectivity index is 1.66. The molecule has 1 amide bonds. The molecular formula is C17H18ClN5O. The van der Waals surface area contributed by atoms with Gasteiger partial charge in [-0.3, -0.25) is 14.2 Å². The first kappa shape index (κ1) is 16.3. The Morgan fingerprint density at radius 2 is 2.00 bits per heavy atom. The van der Waals surface area contributed by atoms with Crippen molar-refractivity contribution in [2.45, 2.75) is 25.9 Å². The predicted molar refractivity (Wildman–Crippen MR) is 93.0 cm³/mol. The van der Waals surface area contributed by atoms with Gasteiger partial charge in [-0.05, 0) is 12.0 Å². The fourth-order valence-corrected chi connectivity index (χ4v) is 2.63. The molecule has 0 bridgehead atoms. The van der Waals surface area contributed by atoms with Crippen molar-refractivity contribution in [3.8, 4) is 0 Å². The van der Waals surface area contributed by atoms with Crippen molar-refractivity contribution in [1.29, 1.82) is 0 Å². The molecule has 1 unspecified atom stereocenters. The maximum absolute atomic E-state index is 12.5. The minimum atomic E-state index is -0.407. The molecule has 6 nitrogen and oxygen atoms in total. The second-order valence-electron chi connectivity index (χ2n) is 5.46. The molecule has 124 valence electrons. The first-order chi connectivity index (χ1) is 11.7. The highest BCUT2D eigenvalue weighted by Gasteiger charge is 2.20. The Hall–Kier alpha value is -2.60. The van der Waals surface area contributed by atoms with Crippen LogP contribution < -0.4 is 5.32 Å². The van der Waals surface area contributed by atoms with Gasteiger partial charge in [-0.25, -0.2) is 0 Å². The summed E-state index contributed by atoms with van der Waals surface area (Å²) >= 11 is 5.88. The van der Waals surface area contributed by atoms with E-state index < -0.39 is 6.04 Å². The fraction of sp³-hybridized carbons (Fsp3) is 0.235. The SMILES string of the molecule is CCC(C(=O)Nc1cnn(Cc2ccccc2)c1)n1cc(Cl)cn1. The number of rotatable bonds is 6. The Labute approximate surface area is 145 Å². The molecule has 0 aliphatic heterocycles. The van der Waals surface area contributed by atoms with Crippen molar-refractivity contribution in [3.63, 3.8) is 0 Å². The van der Waals surface area contributed by atoms with E-state index in [1.165, 1.54) is 6.20 Å². The lowest BCUT2D eigenvalue weighted by atomic mass is 10.2. The number of carbonyl (C=O) groups excluding carboxylic acids is 1. The second-order valence-corrected chi connectivity index (χ2v) is 5.90. The standard InChI is InChI=1S/C17H18ClN5O/c1-2-16(23-11-14(18)8-20-23)17(24)21-15-9-19-22(12-15)10-13-6-4-3-5-7-13/h3-9,11-12,16H,2,10H2,1H3,(H,21,24). The summed E-state index contributed by atoms with van der Waals surface area (Å²) in [6.07, 6.45) is 7.24. The normalized spacial score (nSPS) is 12.1. The van der Waals surface area contributed by atoms with Gasteiger partial charge in [-0.15, -0.1) is 0 Å². The van der Waals surface area contributed by atoms with Gasteiger partial charge in [0.05, 0.1) is 29.6 Å². The number of halogens is 1. The molecule has 0 saturated heterocycles. The van der Waals surface area contributed by atoms with Crippen molar-refractivity contribution in [3.05, 3.63) is 65.7 Å². The van der Waals surface area contributed by atoms with E-state index in [9.17, 15) is 4.79 Å². The highest BCUT2D eigenvalue weighted by Crippen LogP contribution is 2.17. The summed E-state index contributed by atoms with van der Waals surface area (Å²) in [5, 5.41) is 11.8. The molecule has 0 aliphatic rings. The van der Waals surface area contributed by atoms with Crippen LogP contribution in [0.3, 0.4) is 0 Å². The maximum atomic E-state index is 12.5. The first-order valence-electron chi connectivity index (χ1n) is 7.72. The molecular weight excluding hydrogens is 326 g/mol. The van der Waals surface area contributed by atoms with Crippen LogP contribution in [0.4, 0.5) is 5.69 Å². The number of hydrogen-bond acceptors (Lipinski definition) is 3. The van der Waals surface area contributed by atoms with Gasteiger partial charge >= 0.3 is 0 Å². The second kappa shape index (κ2) is 7.31. The topological polar surface area (TPSA) is 64.7 Å². The zero-order chi connectivity index (χ0) is 16.9. The summed E-state index contributed by atoms with van der Waals surface area (Å²) in [5.74, 6) is -0.142. The van der Waals surface area contributed by atoms with E-state index in [1.54, 1.807) is 21.8 Å². The van der Waals surface area contributed by atoms with Crippen LogP contribution in [0.5, 0.6) is 0 Å². The number of carbonyl (C=O) groups is 1. The van der Waals surface area contributed by atoms with Crippen LogP contribution in [0, 0.1) is 0 Å². The van der Waals surface area contributed by atoms with Gasteiger partial charge in [0.25, 0.3) is 0 Å². The molecule has 24 heavy (non-hydrogen) atoms. The van der Waals surface area contributed by atoms with E-state index in [0.717, 1.165) is 5.56 Å². The zero-order valence-corrected chi connectivity index (χ0v) is 14.0. The van der Waals surface area contributed by atoms with Gasteiger partial charge in [0.2, 0.25) is 5.91 Å². The van der Waals surface area contributed by atoms with E-state index >= 15 is 0 Å². The molecule has 1 aromatic carbocycles. The highest BCUT2D eigenvalue weighted by molar-refractivity contribution is 6.30. The summed E-state index contributed by atoms with van der Waals surface area (Å²) in [7, 11) is 0. The summed E-state index contributed by atoms with van der Waals surface area (Å²) in [6.45, 7) is 2.58. The number of nitrogens with zero attached hydrogens (tertiary/aromatic N) is 4. The predicted octanol–water partition coefficient (Wildman–Crippen LogP) is 3.37. The van der Waals surface area contributed by atoms with Crippen LogP contribution in [0.25, 0.3) is 0 Å². The molecule has 0 aliphatic carbocycles. The van der Waals surface area contributed by atoms with Gasteiger partial charge in [0.15, 0.2) is 0 Å². The highest BCUT2D eigenvalue weighted by atomic mass is 35.5. The number of nitrogens with one attached hydrogen (secondary N) is 1. The zero-order valence-electron chi connectivity index (χ0n) is 13.3. The minimum absolute atomic E-state index is 0.142. The van der Waals surface area contributed by atoms with Crippen molar-refractivity contribution in [2.24, 2.45) is 0 Å². The van der Waals surface area contributed by atoms with E-state index in [2.05, 4.69) is 15.5 Å². The molecule has 2 heterocycles. The lowest BCUT2D eigenvalue weighted by Crippen LogP contribution is -2.25. The van der Waals surface area contributed by atoms with E-state index in [1.807, 2.05) is 43.5 Å².